The number of hydroxylamine groups is 1. The van der Waals surface area contributed by atoms with Gasteiger partial charge in [0.25, 0.3) is 5.91 Å². The predicted octanol–water partition coefficient (Wildman–Crippen LogP) is 4.41. The van der Waals surface area contributed by atoms with E-state index in [4.69, 9.17) is 26.2 Å². The van der Waals surface area contributed by atoms with E-state index in [2.05, 4.69) is 10.6 Å². The Morgan fingerprint density at radius 1 is 1.03 bits per heavy atom. The van der Waals surface area contributed by atoms with Crippen molar-refractivity contribution in [3.8, 4) is 28.3 Å². The van der Waals surface area contributed by atoms with E-state index < -0.39 is 5.91 Å². The molecule has 2 aromatic carbocycles. The molecule has 1 N–H and O–H groups in total. The van der Waals surface area contributed by atoms with Crippen molar-refractivity contribution in [2.75, 3.05) is 13.7 Å². The molecule has 0 unspecified atom stereocenters. The number of hydrogen-bond donors (Lipinski definition) is 1. The molecule has 4 aromatic rings. The van der Waals surface area contributed by atoms with Crippen molar-refractivity contribution in [1.29, 1.82) is 0 Å². The lowest BCUT2D eigenvalue weighted by atomic mass is 10.1. The number of fused-ring (bicyclic) bond motifs is 1. The highest BCUT2D eigenvalue weighted by atomic mass is 35.5. The number of aromatic nitrogens is 3. The average Bonchev–Trinajstić information content (AvgIpc) is 3.21. The van der Waals surface area contributed by atoms with E-state index in [0.29, 0.717) is 34.4 Å². The Kier molecular flexibility index (Phi) is 5.65. The first-order chi connectivity index (χ1) is 14.6. The second-order valence-electron chi connectivity index (χ2n) is 6.43. The second kappa shape index (κ2) is 8.52. The van der Waals surface area contributed by atoms with Crippen LogP contribution < -0.4 is 10.2 Å². The number of rotatable bonds is 6. The number of hydrogen-bond acceptors (Lipinski definition) is 5. The molecule has 0 spiro atoms. The molecule has 7 nitrogen and oxygen atoms in total. The maximum absolute atomic E-state index is 12.7. The minimum atomic E-state index is -0.412. The fraction of sp³-hybridized carbons (Fsp3) is 0.136. The summed E-state index contributed by atoms with van der Waals surface area (Å²) in [6.45, 7) is 2.14. The van der Waals surface area contributed by atoms with Crippen LogP contribution in [0.4, 0.5) is 0 Å². The Labute approximate surface area is 178 Å². The number of methoxy groups -OCH3 is 1. The summed E-state index contributed by atoms with van der Waals surface area (Å²) in [7, 11) is 1.61. The van der Waals surface area contributed by atoms with Crippen molar-refractivity contribution in [1.82, 2.24) is 20.1 Å². The van der Waals surface area contributed by atoms with Gasteiger partial charge in [0.15, 0.2) is 5.65 Å². The largest absolute Gasteiger partial charge is 0.497 e. The number of halogens is 1. The number of nitrogens with one attached hydrogen (secondary N) is 1. The smallest absolute Gasteiger partial charge is 0.293 e. The zero-order valence-electron chi connectivity index (χ0n) is 16.4. The molecule has 2 heterocycles. The molecule has 0 aliphatic rings. The highest BCUT2D eigenvalue weighted by molar-refractivity contribution is 6.30. The molecule has 0 radical (unpaired) electrons. The molecule has 8 heteroatoms. The zero-order valence-corrected chi connectivity index (χ0v) is 17.2. The van der Waals surface area contributed by atoms with E-state index in [1.54, 1.807) is 32.2 Å². The van der Waals surface area contributed by atoms with E-state index in [0.717, 1.165) is 16.9 Å². The molecule has 0 aliphatic heterocycles. The number of amides is 1. The molecule has 2 aromatic heterocycles. The predicted molar refractivity (Wildman–Crippen MR) is 115 cm³/mol. The summed E-state index contributed by atoms with van der Waals surface area (Å²) in [6, 6.07) is 18.3. The second-order valence-corrected chi connectivity index (χ2v) is 6.86. The lowest BCUT2D eigenvalue weighted by Crippen LogP contribution is -2.26. The number of benzene rings is 2. The third-order valence-electron chi connectivity index (χ3n) is 4.49. The Balaban J connectivity index is 1.84. The Bertz CT molecular complexity index is 1190. The van der Waals surface area contributed by atoms with Gasteiger partial charge in [-0.05, 0) is 49.4 Å². The van der Waals surface area contributed by atoms with Gasteiger partial charge in [0.05, 0.1) is 25.1 Å². The molecule has 4 rings (SSSR count). The molecule has 0 saturated heterocycles. The molecule has 1 amide bonds. The van der Waals surface area contributed by atoms with Crippen molar-refractivity contribution in [3.05, 3.63) is 71.4 Å². The molecule has 0 aliphatic carbocycles. The minimum absolute atomic E-state index is 0.305. The van der Waals surface area contributed by atoms with Crippen LogP contribution in [0, 0.1) is 0 Å². The summed E-state index contributed by atoms with van der Waals surface area (Å²) in [6.07, 6.45) is 0. The normalized spacial score (nSPS) is 10.9. The Morgan fingerprint density at radius 3 is 2.37 bits per heavy atom. The fourth-order valence-electron chi connectivity index (χ4n) is 3.00. The van der Waals surface area contributed by atoms with Crippen LogP contribution in [0.5, 0.6) is 5.75 Å². The third kappa shape index (κ3) is 3.98. The standard InChI is InChI=1S/C22H19ClN4O3/c1-3-30-26-22(28)20-12-18(14-6-10-17(29-2)11-7-14)24-21-13-19(25-27(20)21)15-4-8-16(23)9-5-15/h4-13H,3H2,1-2H3,(H,26,28). The lowest BCUT2D eigenvalue weighted by molar-refractivity contribution is 0.0357. The van der Waals surface area contributed by atoms with Crippen LogP contribution in [0.2, 0.25) is 5.02 Å². The first-order valence-electron chi connectivity index (χ1n) is 9.32. The molecular weight excluding hydrogens is 404 g/mol. The SMILES string of the molecule is CCONC(=O)c1cc(-c2ccc(OC)cc2)nc2cc(-c3ccc(Cl)cc3)nn12. The molecule has 0 bridgehead atoms. The molecular formula is C22H19ClN4O3. The van der Waals surface area contributed by atoms with E-state index in [9.17, 15) is 4.79 Å². The van der Waals surface area contributed by atoms with Gasteiger partial charge in [-0.15, -0.1) is 0 Å². The Hall–Kier alpha value is -3.42. The first kappa shape index (κ1) is 19.9. The summed E-state index contributed by atoms with van der Waals surface area (Å²) in [5, 5.41) is 5.22. The topological polar surface area (TPSA) is 77.8 Å². The van der Waals surface area contributed by atoms with Crippen LogP contribution in [-0.2, 0) is 4.84 Å². The van der Waals surface area contributed by atoms with E-state index in [1.807, 2.05) is 42.5 Å². The monoisotopic (exact) mass is 422 g/mol. The van der Waals surface area contributed by atoms with Crippen molar-refractivity contribution < 1.29 is 14.4 Å². The fourth-order valence-corrected chi connectivity index (χ4v) is 3.12. The van der Waals surface area contributed by atoms with E-state index in [1.165, 1.54) is 4.52 Å². The van der Waals surface area contributed by atoms with Gasteiger partial charge >= 0.3 is 0 Å². The number of nitrogens with zero attached hydrogens (tertiary/aromatic N) is 3. The summed E-state index contributed by atoms with van der Waals surface area (Å²) < 4.78 is 6.72. The summed E-state index contributed by atoms with van der Waals surface area (Å²) in [5.41, 5.74) is 6.30. The summed E-state index contributed by atoms with van der Waals surface area (Å²) in [4.78, 5) is 22.5. The maximum atomic E-state index is 12.7. The number of carbonyl (C=O) groups is 1. The molecule has 30 heavy (non-hydrogen) atoms. The van der Waals surface area contributed by atoms with Gasteiger partial charge in [0.2, 0.25) is 0 Å². The van der Waals surface area contributed by atoms with Crippen LogP contribution in [0.1, 0.15) is 17.4 Å². The van der Waals surface area contributed by atoms with Crippen molar-refractivity contribution in [3.63, 3.8) is 0 Å². The number of carbonyl (C=O) groups excluding carboxylic acids is 1. The summed E-state index contributed by atoms with van der Waals surface area (Å²) in [5.74, 6) is 0.327. The first-order valence-corrected chi connectivity index (χ1v) is 9.70. The van der Waals surface area contributed by atoms with Crippen molar-refractivity contribution in [2.24, 2.45) is 0 Å². The molecule has 152 valence electrons. The van der Waals surface area contributed by atoms with Crippen molar-refractivity contribution in [2.45, 2.75) is 6.92 Å². The van der Waals surface area contributed by atoms with Crippen molar-refractivity contribution >= 4 is 23.2 Å². The van der Waals surface area contributed by atoms with Gasteiger partial charge in [-0.2, -0.15) is 5.10 Å². The summed E-state index contributed by atoms with van der Waals surface area (Å²) >= 11 is 5.99. The molecule has 0 saturated carbocycles. The van der Waals surface area contributed by atoms with Crippen LogP contribution in [0.25, 0.3) is 28.2 Å². The molecule has 0 fully saturated rings. The average molecular weight is 423 g/mol. The number of ether oxygens (including phenoxy) is 1. The Morgan fingerprint density at radius 2 is 1.70 bits per heavy atom. The van der Waals surface area contributed by atoms with Gasteiger partial charge in [0, 0.05) is 22.2 Å². The minimum Gasteiger partial charge on any atom is -0.497 e. The van der Waals surface area contributed by atoms with Gasteiger partial charge in [0.1, 0.15) is 11.4 Å². The van der Waals surface area contributed by atoms with Crippen LogP contribution >= 0.6 is 11.6 Å². The van der Waals surface area contributed by atoms with E-state index in [-0.39, 0.29) is 0 Å². The van der Waals surface area contributed by atoms with Gasteiger partial charge in [-0.3, -0.25) is 9.63 Å². The van der Waals surface area contributed by atoms with Crippen LogP contribution in [-0.4, -0.2) is 34.2 Å². The van der Waals surface area contributed by atoms with Gasteiger partial charge in [-0.25, -0.2) is 15.0 Å². The highest BCUT2D eigenvalue weighted by Crippen LogP contribution is 2.26. The third-order valence-corrected chi connectivity index (χ3v) is 4.75. The molecule has 0 atom stereocenters. The highest BCUT2D eigenvalue weighted by Gasteiger charge is 2.17. The van der Waals surface area contributed by atoms with Crippen LogP contribution in [0.3, 0.4) is 0 Å². The van der Waals surface area contributed by atoms with Gasteiger partial charge in [-0.1, -0.05) is 23.7 Å². The zero-order chi connectivity index (χ0) is 21.1. The maximum Gasteiger partial charge on any atom is 0.293 e. The van der Waals surface area contributed by atoms with Gasteiger partial charge < -0.3 is 4.74 Å². The lowest BCUT2D eigenvalue weighted by Gasteiger charge is -2.09. The van der Waals surface area contributed by atoms with E-state index >= 15 is 0 Å². The van der Waals surface area contributed by atoms with Crippen LogP contribution in [0.15, 0.2) is 60.7 Å². The quantitative estimate of drug-likeness (QED) is 0.466.